The first-order valence-electron chi connectivity index (χ1n) is 6.06. The second kappa shape index (κ2) is 5.54. The number of hydrogen-bond donors (Lipinski definition) is 1. The molecule has 1 aromatic rings. The van der Waals surface area contributed by atoms with E-state index in [1.807, 2.05) is 0 Å². The standard InChI is InChI=1S/C13H14N2O4S/c1-4-19-13(16)12-8(3)14-11-7(2)5-9(15(17)18)6-10(11)20-12/h5-6,14H,4H2,1-3H3. The largest absolute Gasteiger partial charge is 0.462 e. The molecule has 0 unspecified atom stereocenters. The Morgan fingerprint density at radius 2 is 2.15 bits per heavy atom. The van der Waals surface area contributed by atoms with E-state index in [0.29, 0.717) is 15.5 Å². The van der Waals surface area contributed by atoms with Gasteiger partial charge in [-0.05, 0) is 26.3 Å². The molecule has 6 nitrogen and oxygen atoms in total. The van der Waals surface area contributed by atoms with Crippen LogP contribution < -0.4 is 5.32 Å². The molecular formula is C13H14N2O4S. The van der Waals surface area contributed by atoms with E-state index in [9.17, 15) is 14.9 Å². The Morgan fingerprint density at radius 3 is 2.75 bits per heavy atom. The molecule has 0 saturated heterocycles. The number of thioether (sulfide) groups is 1. The predicted octanol–water partition coefficient (Wildman–Crippen LogP) is 3.22. The van der Waals surface area contributed by atoms with Crippen molar-refractivity contribution in [2.75, 3.05) is 11.9 Å². The van der Waals surface area contributed by atoms with Crippen molar-refractivity contribution in [1.82, 2.24) is 0 Å². The lowest BCUT2D eigenvalue weighted by Crippen LogP contribution is -2.15. The van der Waals surface area contributed by atoms with Gasteiger partial charge in [0.25, 0.3) is 5.69 Å². The predicted molar refractivity (Wildman–Crippen MR) is 76.6 cm³/mol. The summed E-state index contributed by atoms with van der Waals surface area (Å²) < 4.78 is 4.98. The van der Waals surface area contributed by atoms with Crippen LogP contribution in [0.25, 0.3) is 0 Å². The number of allylic oxidation sites excluding steroid dienone is 1. The van der Waals surface area contributed by atoms with Gasteiger partial charge in [-0.1, -0.05) is 11.8 Å². The molecule has 0 aromatic heterocycles. The van der Waals surface area contributed by atoms with Crippen molar-refractivity contribution in [2.45, 2.75) is 25.7 Å². The SMILES string of the molecule is CCOC(=O)C1=C(C)Nc2c(C)cc([N+](=O)[O-])cc2S1. The number of carbonyl (C=O) groups excluding carboxylic acids is 1. The second-order valence-corrected chi connectivity index (χ2v) is 5.35. The fraction of sp³-hybridized carbons (Fsp3) is 0.308. The van der Waals surface area contributed by atoms with E-state index in [0.717, 1.165) is 11.3 Å². The van der Waals surface area contributed by atoms with Gasteiger partial charge in [0.05, 0.1) is 17.2 Å². The summed E-state index contributed by atoms with van der Waals surface area (Å²) in [6.07, 6.45) is 0. The molecule has 0 fully saturated rings. The van der Waals surface area contributed by atoms with Gasteiger partial charge in [-0.25, -0.2) is 4.79 Å². The van der Waals surface area contributed by atoms with Crippen LogP contribution in [0.3, 0.4) is 0 Å². The first-order valence-corrected chi connectivity index (χ1v) is 6.87. The topological polar surface area (TPSA) is 81.5 Å². The lowest BCUT2D eigenvalue weighted by molar-refractivity contribution is -0.385. The third-order valence-electron chi connectivity index (χ3n) is 2.82. The number of nitrogens with zero attached hydrogens (tertiary/aromatic N) is 1. The highest BCUT2D eigenvalue weighted by atomic mass is 32.2. The minimum Gasteiger partial charge on any atom is -0.462 e. The number of rotatable bonds is 3. The van der Waals surface area contributed by atoms with Crippen LogP contribution in [0.2, 0.25) is 0 Å². The minimum atomic E-state index is -0.441. The molecule has 1 N–H and O–H groups in total. The normalized spacial score (nSPS) is 13.6. The number of carbonyl (C=O) groups is 1. The van der Waals surface area contributed by atoms with Crippen molar-refractivity contribution in [1.29, 1.82) is 0 Å². The van der Waals surface area contributed by atoms with Crippen molar-refractivity contribution in [2.24, 2.45) is 0 Å². The van der Waals surface area contributed by atoms with Gasteiger partial charge in [-0.3, -0.25) is 10.1 Å². The van der Waals surface area contributed by atoms with Crippen molar-refractivity contribution < 1.29 is 14.5 Å². The van der Waals surface area contributed by atoms with E-state index >= 15 is 0 Å². The molecule has 0 aliphatic carbocycles. The van der Waals surface area contributed by atoms with Crippen LogP contribution in [0.5, 0.6) is 0 Å². The average molecular weight is 294 g/mol. The minimum absolute atomic E-state index is 0.0123. The molecule has 20 heavy (non-hydrogen) atoms. The van der Waals surface area contributed by atoms with Gasteiger partial charge in [-0.15, -0.1) is 0 Å². The van der Waals surface area contributed by atoms with Crippen LogP contribution >= 0.6 is 11.8 Å². The maximum atomic E-state index is 11.8. The molecule has 1 heterocycles. The summed E-state index contributed by atoms with van der Waals surface area (Å²) in [5.74, 6) is -0.419. The number of nitro groups is 1. The number of anilines is 1. The van der Waals surface area contributed by atoms with Crippen LogP contribution in [-0.2, 0) is 9.53 Å². The van der Waals surface area contributed by atoms with Crippen molar-refractivity contribution in [3.8, 4) is 0 Å². The van der Waals surface area contributed by atoms with Gasteiger partial charge in [0, 0.05) is 22.7 Å². The Kier molecular flexibility index (Phi) is 3.99. The summed E-state index contributed by atoms with van der Waals surface area (Å²) in [4.78, 5) is 23.4. The highest BCUT2D eigenvalue weighted by molar-refractivity contribution is 8.04. The zero-order valence-corrected chi connectivity index (χ0v) is 12.2. The molecule has 1 aliphatic rings. The van der Waals surface area contributed by atoms with Crippen LogP contribution in [-0.4, -0.2) is 17.5 Å². The van der Waals surface area contributed by atoms with Crippen LogP contribution in [0.1, 0.15) is 19.4 Å². The zero-order valence-electron chi connectivity index (χ0n) is 11.4. The van der Waals surface area contributed by atoms with Crippen LogP contribution in [0, 0.1) is 17.0 Å². The smallest absolute Gasteiger partial charge is 0.346 e. The number of benzene rings is 1. The van der Waals surface area contributed by atoms with Crippen molar-refractivity contribution >= 4 is 29.1 Å². The Morgan fingerprint density at radius 1 is 1.45 bits per heavy atom. The first-order chi connectivity index (χ1) is 9.43. The fourth-order valence-electron chi connectivity index (χ4n) is 1.90. The van der Waals surface area contributed by atoms with Gasteiger partial charge >= 0.3 is 5.97 Å². The molecule has 2 rings (SSSR count). The Hall–Kier alpha value is -2.02. The zero-order chi connectivity index (χ0) is 14.9. The molecule has 0 bridgehead atoms. The maximum absolute atomic E-state index is 11.8. The summed E-state index contributed by atoms with van der Waals surface area (Å²) in [5.41, 5.74) is 2.27. The number of fused-ring (bicyclic) bond motifs is 1. The van der Waals surface area contributed by atoms with Gasteiger partial charge in [0.15, 0.2) is 0 Å². The molecule has 1 aromatic carbocycles. The Balaban J connectivity index is 2.42. The number of ether oxygens (including phenoxy) is 1. The summed E-state index contributed by atoms with van der Waals surface area (Å²) in [6, 6.07) is 2.97. The third-order valence-corrected chi connectivity index (χ3v) is 4.04. The lowest BCUT2D eigenvalue weighted by Gasteiger charge is -2.22. The quantitative estimate of drug-likeness (QED) is 0.523. The second-order valence-electron chi connectivity index (χ2n) is 4.29. The van der Waals surface area contributed by atoms with Gasteiger partial charge in [0.2, 0.25) is 0 Å². The molecule has 106 valence electrons. The highest BCUT2D eigenvalue weighted by Crippen LogP contribution is 2.43. The van der Waals surface area contributed by atoms with E-state index in [1.165, 1.54) is 23.9 Å². The first kappa shape index (κ1) is 14.4. The van der Waals surface area contributed by atoms with Crippen molar-refractivity contribution in [3.05, 3.63) is 38.4 Å². The van der Waals surface area contributed by atoms with Crippen molar-refractivity contribution in [3.63, 3.8) is 0 Å². The summed E-state index contributed by atoms with van der Waals surface area (Å²) >= 11 is 1.20. The highest BCUT2D eigenvalue weighted by Gasteiger charge is 2.25. The molecule has 0 amide bonds. The number of aryl methyl sites for hydroxylation is 1. The molecule has 7 heteroatoms. The number of nitro benzene ring substituents is 1. The monoisotopic (exact) mass is 294 g/mol. The number of esters is 1. The average Bonchev–Trinajstić information content (AvgIpc) is 2.38. The molecular weight excluding hydrogens is 280 g/mol. The maximum Gasteiger partial charge on any atom is 0.346 e. The summed E-state index contributed by atoms with van der Waals surface area (Å²) in [7, 11) is 0. The Labute approximate surface area is 120 Å². The molecule has 0 radical (unpaired) electrons. The van der Waals surface area contributed by atoms with E-state index in [2.05, 4.69) is 5.32 Å². The number of nitrogens with one attached hydrogen (secondary N) is 1. The lowest BCUT2D eigenvalue weighted by atomic mass is 10.1. The number of non-ortho nitro benzene ring substituents is 1. The third kappa shape index (κ3) is 2.62. The van der Waals surface area contributed by atoms with Crippen LogP contribution in [0.4, 0.5) is 11.4 Å². The molecule has 1 aliphatic heterocycles. The molecule has 0 spiro atoms. The van der Waals surface area contributed by atoms with E-state index < -0.39 is 10.9 Å². The Bertz CT molecular complexity index is 625. The molecule has 0 saturated carbocycles. The van der Waals surface area contributed by atoms with Gasteiger partial charge < -0.3 is 10.1 Å². The summed E-state index contributed by atoms with van der Waals surface area (Å²) in [6.45, 7) is 5.60. The van der Waals surface area contributed by atoms with Gasteiger partial charge in [-0.2, -0.15) is 0 Å². The molecule has 0 atom stereocenters. The fourth-order valence-corrected chi connectivity index (χ4v) is 2.96. The van der Waals surface area contributed by atoms with E-state index in [-0.39, 0.29) is 12.3 Å². The van der Waals surface area contributed by atoms with E-state index in [4.69, 9.17) is 4.74 Å². The van der Waals surface area contributed by atoms with Gasteiger partial charge in [0.1, 0.15) is 4.91 Å². The van der Waals surface area contributed by atoms with Crippen LogP contribution in [0.15, 0.2) is 27.6 Å². The van der Waals surface area contributed by atoms with E-state index in [1.54, 1.807) is 20.8 Å². The summed E-state index contributed by atoms with van der Waals surface area (Å²) in [5, 5.41) is 14.0. The number of hydrogen-bond acceptors (Lipinski definition) is 6.